The Bertz CT molecular complexity index is 2870. The van der Waals surface area contributed by atoms with Gasteiger partial charge in [0.1, 0.15) is 5.58 Å². The van der Waals surface area contributed by atoms with Crippen LogP contribution in [0.3, 0.4) is 0 Å². The van der Waals surface area contributed by atoms with Crippen molar-refractivity contribution in [1.29, 1.82) is 0 Å². The van der Waals surface area contributed by atoms with E-state index in [1.165, 1.54) is 16.3 Å². The average molecular weight is 902 g/mol. The maximum atomic E-state index is 8.14. The quantitative estimate of drug-likeness (QED) is 0.130. The Morgan fingerprint density at radius 1 is 0.685 bits per heavy atom. The van der Waals surface area contributed by atoms with Gasteiger partial charge >= 0.3 is 0 Å². The van der Waals surface area contributed by atoms with E-state index < -0.39 is 14.9 Å². The molecule has 0 saturated carbocycles. The molecule has 0 spiro atoms. The summed E-state index contributed by atoms with van der Waals surface area (Å²) in [6, 6.07) is 44.7. The number of aromatic nitrogens is 2. The first-order chi connectivity index (χ1) is 26.7. The number of pyridine rings is 2. The van der Waals surface area contributed by atoms with Crippen molar-refractivity contribution in [1.82, 2.24) is 9.97 Å². The van der Waals surface area contributed by atoms with E-state index in [2.05, 4.69) is 111 Å². The number of fused-ring (bicyclic) bond motifs is 7. The monoisotopic (exact) mass is 902 g/mol. The van der Waals surface area contributed by atoms with E-state index in [-0.39, 0.29) is 31.1 Å². The Morgan fingerprint density at radius 3 is 2.19 bits per heavy atom. The molecule has 0 aliphatic rings. The summed E-state index contributed by atoms with van der Waals surface area (Å²) in [4.78, 5) is 9.23. The molecule has 0 bridgehead atoms. The normalized spacial score (nSPS) is 12.9. The van der Waals surface area contributed by atoms with Gasteiger partial charge in [-0.2, -0.15) is 0 Å². The van der Waals surface area contributed by atoms with Gasteiger partial charge < -0.3 is 18.8 Å². The van der Waals surface area contributed by atoms with E-state index in [0.717, 1.165) is 33.2 Å². The average Bonchev–Trinajstić information content (AvgIpc) is 3.77. The molecule has 4 aromatic heterocycles. The van der Waals surface area contributed by atoms with Gasteiger partial charge in [-0.3, -0.25) is 0 Å². The molecule has 0 saturated heterocycles. The van der Waals surface area contributed by atoms with Crippen LogP contribution in [0.4, 0.5) is 0 Å². The van der Waals surface area contributed by atoms with Gasteiger partial charge in [-0.05, 0) is 51.3 Å². The van der Waals surface area contributed by atoms with Gasteiger partial charge in [0.2, 0.25) is 0 Å². The third kappa shape index (κ3) is 7.10. The minimum atomic E-state index is -2.33. The molecule has 0 aliphatic heterocycles. The molecular formula is C48H42IrN2O2Si-2. The van der Waals surface area contributed by atoms with Crippen molar-refractivity contribution < 1.29 is 33.1 Å². The number of hydrogen-bond acceptors (Lipinski definition) is 4. The second-order valence-electron chi connectivity index (χ2n) is 15.5. The van der Waals surface area contributed by atoms with Gasteiger partial charge in [0, 0.05) is 52.8 Å². The van der Waals surface area contributed by atoms with Crippen molar-refractivity contribution in [3.05, 3.63) is 151 Å². The molecule has 54 heavy (non-hydrogen) atoms. The van der Waals surface area contributed by atoms with Crippen LogP contribution in [0.5, 0.6) is 0 Å². The Morgan fingerprint density at radius 2 is 1.44 bits per heavy atom. The second-order valence-corrected chi connectivity index (χ2v) is 20.6. The van der Waals surface area contributed by atoms with Crippen molar-refractivity contribution in [2.75, 3.05) is 0 Å². The minimum Gasteiger partial charge on any atom is -0.497 e. The number of furan rings is 2. The molecule has 0 N–H and O–H groups in total. The Kier molecular flexibility index (Phi) is 9.04. The van der Waals surface area contributed by atoms with Crippen LogP contribution in [0.2, 0.25) is 19.6 Å². The van der Waals surface area contributed by atoms with E-state index in [1.54, 1.807) is 12.3 Å². The van der Waals surface area contributed by atoms with Crippen LogP contribution < -0.4 is 5.19 Å². The molecule has 0 aliphatic carbocycles. The molecule has 0 fully saturated rings. The van der Waals surface area contributed by atoms with E-state index in [4.69, 9.17) is 12.9 Å². The minimum absolute atomic E-state index is 0. The predicted molar refractivity (Wildman–Crippen MR) is 223 cm³/mol. The first-order valence-electron chi connectivity index (χ1n) is 19.4. The first kappa shape index (κ1) is 33.4. The summed E-state index contributed by atoms with van der Waals surface area (Å²) in [5.74, 6) is 0. The van der Waals surface area contributed by atoms with Crippen molar-refractivity contribution in [2.24, 2.45) is 0 Å². The van der Waals surface area contributed by atoms with E-state index in [0.29, 0.717) is 38.8 Å². The molecule has 0 amide bonds. The molecule has 9 aromatic rings. The third-order valence-corrected chi connectivity index (χ3v) is 11.8. The summed E-state index contributed by atoms with van der Waals surface area (Å²) in [6.45, 7) is 11.1. The fraction of sp³-hybridized carbons (Fsp3) is 0.167. The Hall–Kier alpha value is -5.13. The van der Waals surface area contributed by atoms with Gasteiger partial charge in [-0.1, -0.05) is 131 Å². The number of rotatable bonds is 4. The fourth-order valence-corrected chi connectivity index (χ4v) is 7.74. The number of benzene rings is 5. The predicted octanol–water partition coefficient (Wildman–Crippen LogP) is 12.7. The Labute approximate surface area is 335 Å². The number of nitrogens with zero attached hydrogens (tertiary/aromatic N) is 2. The number of aryl methyl sites for hydroxylation is 1. The van der Waals surface area contributed by atoms with E-state index in [9.17, 15) is 0 Å². The summed E-state index contributed by atoms with van der Waals surface area (Å²) in [7, 11) is -1.29. The van der Waals surface area contributed by atoms with Crippen LogP contribution in [0.1, 0.15) is 36.0 Å². The summed E-state index contributed by atoms with van der Waals surface area (Å²) >= 11 is 0. The zero-order valence-electron chi connectivity index (χ0n) is 34.2. The molecule has 4 nitrogen and oxygen atoms in total. The largest absolute Gasteiger partial charge is 0.497 e. The molecule has 1 radical (unpaired) electrons. The van der Waals surface area contributed by atoms with Crippen molar-refractivity contribution in [3.8, 4) is 33.6 Å². The standard InChI is InChI=1S/C28H22NO2.C20H20NSi.Ir/c1-16-9-10-20(22-15-17(13-14-29-22)28(2,3)4)25-24(16)21-12-11-19-18-7-5-6-8-23(18)30-26(19)27(21)31-25;1-22(2,3)19-12-13-20(21-15-19)18-11-7-10-17(14-18)16-8-5-4-6-9-16;/h5-9,11-15H,1-4H3;4-10,12-15H,1-3H3;/q2*-1;/i1D3;;. The molecule has 5 aromatic carbocycles. The van der Waals surface area contributed by atoms with Crippen molar-refractivity contribution >= 4 is 57.1 Å². The molecule has 0 atom stereocenters. The van der Waals surface area contributed by atoms with Crippen LogP contribution in [-0.2, 0) is 25.5 Å². The molecule has 9 rings (SSSR count). The van der Waals surface area contributed by atoms with Crippen molar-refractivity contribution in [3.63, 3.8) is 0 Å². The fourth-order valence-electron chi connectivity index (χ4n) is 6.71. The van der Waals surface area contributed by atoms with Gasteiger partial charge in [-0.15, -0.1) is 53.1 Å². The molecular weight excluding hydrogens is 857 g/mol. The van der Waals surface area contributed by atoms with Crippen LogP contribution in [0.25, 0.3) is 77.5 Å². The zero-order valence-corrected chi connectivity index (χ0v) is 34.6. The summed E-state index contributed by atoms with van der Waals surface area (Å²) in [6.07, 6.45) is 3.80. The topological polar surface area (TPSA) is 52.1 Å². The van der Waals surface area contributed by atoms with Crippen LogP contribution in [0.15, 0.2) is 136 Å². The zero-order chi connectivity index (χ0) is 39.4. The first-order valence-corrected chi connectivity index (χ1v) is 21.4. The maximum Gasteiger partial charge on any atom is 0.177 e. The smallest absolute Gasteiger partial charge is 0.177 e. The van der Waals surface area contributed by atoms with E-state index in [1.807, 2.05) is 66.9 Å². The molecule has 6 heteroatoms. The number of hydrogen-bond donors (Lipinski definition) is 0. The SMILES string of the molecule is C[Si](C)(C)c1ccc(-c2[c-]ccc(-c3ccccc3)c2)nc1.[2H]C([2H])([2H])c1c[c-]c(-c2cc(C(C)(C)C)ccn2)c2oc3c(ccc4c5ccccc5oc43)c12.[Ir]. The second kappa shape index (κ2) is 14.6. The van der Waals surface area contributed by atoms with Crippen molar-refractivity contribution in [2.45, 2.75) is 52.7 Å². The summed E-state index contributed by atoms with van der Waals surface area (Å²) in [5, 5.41) is 4.55. The maximum absolute atomic E-state index is 8.14. The van der Waals surface area contributed by atoms with Crippen LogP contribution in [-0.4, -0.2) is 18.0 Å². The van der Waals surface area contributed by atoms with Gasteiger partial charge in [-0.25, -0.2) is 0 Å². The molecule has 0 unspecified atom stereocenters. The molecule has 271 valence electrons. The third-order valence-electron chi connectivity index (χ3n) is 9.76. The van der Waals surface area contributed by atoms with Crippen LogP contribution in [0, 0.1) is 19.0 Å². The Balaban J connectivity index is 0.000000188. The summed E-state index contributed by atoms with van der Waals surface area (Å²) < 4.78 is 37.0. The van der Waals surface area contributed by atoms with Crippen LogP contribution >= 0.6 is 0 Å². The molecule has 4 heterocycles. The number of para-hydroxylation sites is 1. The summed E-state index contributed by atoms with van der Waals surface area (Å²) in [5.41, 5.74) is 9.37. The van der Waals surface area contributed by atoms with Gasteiger partial charge in [0.15, 0.2) is 11.2 Å². The van der Waals surface area contributed by atoms with Gasteiger partial charge in [0.05, 0.1) is 13.7 Å². The van der Waals surface area contributed by atoms with E-state index >= 15 is 0 Å². The van der Waals surface area contributed by atoms with Gasteiger partial charge in [0.25, 0.3) is 0 Å².